The van der Waals surface area contributed by atoms with Gasteiger partial charge in [0.05, 0.1) is 12.3 Å². The Bertz CT molecular complexity index is 956. The summed E-state index contributed by atoms with van der Waals surface area (Å²) in [7, 11) is 0. The van der Waals surface area contributed by atoms with E-state index < -0.39 is 5.25 Å². The van der Waals surface area contributed by atoms with E-state index in [0.29, 0.717) is 24.0 Å². The van der Waals surface area contributed by atoms with Gasteiger partial charge in [-0.2, -0.15) is 0 Å². The highest BCUT2D eigenvalue weighted by atomic mass is 32.2. The highest BCUT2D eigenvalue weighted by molar-refractivity contribution is 8.15. The zero-order valence-electron chi connectivity index (χ0n) is 17.1. The molecule has 7 heteroatoms. The number of carbonyl (C=O) groups excluding carboxylic acids is 2. The molecule has 0 aliphatic carbocycles. The summed E-state index contributed by atoms with van der Waals surface area (Å²) < 4.78 is 5.40. The van der Waals surface area contributed by atoms with Gasteiger partial charge < -0.3 is 10.1 Å². The monoisotopic (exact) mass is 423 g/mol. The second kappa shape index (κ2) is 10.1. The van der Waals surface area contributed by atoms with Gasteiger partial charge in [-0.05, 0) is 55.8 Å². The van der Waals surface area contributed by atoms with Crippen molar-refractivity contribution in [1.29, 1.82) is 0 Å². The molecule has 0 aromatic heterocycles. The number of ether oxygens (including phenoxy) is 1. The van der Waals surface area contributed by atoms with E-state index in [4.69, 9.17) is 4.74 Å². The van der Waals surface area contributed by atoms with Crippen molar-refractivity contribution in [2.75, 3.05) is 18.5 Å². The fourth-order valence-electron chi connectivity index (χ4n) is 3.01. The minimum absolute atomic E-state index is 0.0667. The molecule has 1 fully saturated rings. The van der Waals surface area contributed by atoms with Crippen molar-refractivity contribution in [3.05, 3.63) is 66.7 Å². The van der Waals surface area contributed by atoms with Crippen molar-refractivity contribution in [2.24, 2.45) is 4.99 Å². The standard InChI is InChI=1S/C23H25N3O3S/c1-4-13-26-22(28)20(30-23(26)25-18-8-6-7-16(3)14-18)15-21(27)24-17-9-11-19(12-10-17)29-5-2/h4,6-12,14,20H,1,5,13,15H2,2-3H3,(H,24,27)/t20-/m0/s1. The van der Waals surface area contributed by atoms with Gasteiger partial charge in [-0.1, -0.05) is 30.0 Å². The Kier molecular flexibility index (Phi) is 7.30. The van der Waals surface area contributed by atoms with Gasteiger partial charge in [0, 0.05) is 18.7 Å². The Morgan fingerprint density at radius 3 is 2.73 bits per heavy atom. The molecule has 1 atom stereocenters. The number of rotatable bonds is 8. The summed E-state index contributed by atoms with van der Waals surface area (Å²) in [5.41, 5.74) is 2.53. The maximum atomic E-state index is 12.8. The van der Waals surface area contributed by atoms with Crippen molar-refractivity contribution in [1.82, 2.24) is 4.90 Å². The molecule has 0 bridgehead atoms. The molecule has 1 saturated heterocycles. The minimum Gasteiger partial charge on any atom is -0.494 e. The van der Waals surface area contributed by atoms with E-state index >= 15 is 0 Å². The lowest BCUT2D eigenvalue weighted by atomic mass is 10.2. The van der Waals surface area contributed by atoms with Gasteiger partial charge in [-0.3, -0.25) is 14.5 Å². The minimum atomic E-state index is -0.517. The Labute approximate surface area is 181 Å². The lowest BCUT2D eigenvalue weighted by molar-refractivity contribution is -0.127. The first-order chi connectivity index (χ1) is 14.5. The first-order valence-electron chi connectivity index (χ1n) is 9.77. The number of nitrogens with one attached hydrogen (secondary N) is 1. The van der Waals surface area contributed by atoms with Crippen LogP contribution >= 0.6 is 11.8 Å². The first kappa shape index (κ1) is 21.6. The molecule has 3 rings (SSSR count). The van der Waals surface area contributed by atoms with Crippen molar-refractivity contribution in [2.45, 2.75) is 25.5 Å². The Hall–Kier alpha value is -3.06. The molecule has 1 aliphatic rings. The molecule has 0 saturated carbocycles. The van der Waals surface area contributed by atoms with Crippen LogP contribution in [0.1, 0.15) is 18.9 Å². The van der Waals surface area contributed by atoms with Gasteiger partial charge in [-0.25, -0.2) is 4.99 Å². The maximum absolute atomic E-state index is 12.8. The second-order valence-electron chi connectivity index (χ2n) is 6.79. The molecule has 0 spiro atoms. The molecule has 6 nitrogen and oxygen atoms in total. The quantitative estimate of drug-likeness (QED) is 0.633. The number of hydrogen-bond donors (Lipinski definition) is 1. The van der Waals surface area contributed by atoms with E-state index in [9.17, 15) is 9.59 Å². The number of carbonyl (C=O) groups is 2. The largest absolute Gasteiger partial charge is 0.494 e. The Morgan fingerprint density at radius 1 is 1.30 bits per heavy atom. The number of amides is 2. The topological polar surface area (TPSA) is 71.0 Å². The average molecular weight is 424 g/mol. The predicted molar refractivity (Wildman–Crippen MR) is 122 cm³/mol. The van der Waals surface area contributed by atoms with Crippen LogP contribution in [-0.2, 0) is 9.59 Å². The van der Waals surface area contributed by atoms with Crippen LogP contribution in [0.4, 0.5) is 11.4 Å². The lowest BCUT2D eigenvalue weighted by Crippen LogP contribution is -2.33. The summed E-state index contributed by atoms with van der Waals surface area (Å²) in [6, 6.07) is 14.9. The molecule has 2 amide bonds. The summed E-state index contributed by atoms with van der Waals surface area (Å²) in [4.78, 5) is 31.6. The number of nitrogens with zero attached hydrogens (tertiary/aromatic N) is 2. The number of hydrogen-bond acceptors (Lipinski definition) is 5. The van der Waals surface area contributed by atoms with Crippen molar-refractivity contribution in [3.63, 3.8) is 0 Å². The predicted octanol–water partition coefficient (Wildman–Crippen LogP) is 4.54. The third kappa shape index (κ3) is 5.51. The maximum Gasteiger partial charge on any atom is 0.242 e. The lowest BCUT2D eigenvalue weighted by Gasteiger charge is -2.14. The van der Waals surface area contributed by atoms with E-state index in [0.717, 1.165) is 17.0 Å². The second-order valence-corrected chi connectivity index (χ2v) is 7.96. The fourth-order valence-corrected chi connectivity index (χ4v) is 4.18. The van der Waals surface area contributed by atoms with Gasteiger partial charge in [-0.15, -0.1) is 6.58 Å². The molecule has 0 radical (unpaired) electrons. The van der Waals surface area contributed by atoms with Crippen molar-refractivity contribution >= 4 is 40.1 Å². The third-order valence-electron chi connectivity index (χ3n) is 4.38. The van der Waals surface area contributed by atoms with E-state index in [2.05, 4.69) is 16.9 Å². The SMILES string of the molecule is C=CCN1C(=O)[C@H](CC(=O)Nc2ccc(OCC)cc2)SC1=Nc1cccc(C)c1. The van der Waals surface area contributed by atoms with Gasteiger partial charge in [0.25, 0.3) is 0 Å². The summed E-state index contributed by atoms with van der Waals surface area (Å²) in [6.07, 6.45) is 1.73. The summed E-state index contributed by atoms with van der Waals surface area (Å²) in [6.45, 7) is 8.57. The molecule has 0 unspecified atom stereocenters. The van der Waals surface area contributed by atoms with E-state index in [-0.39, 0.29) is 18.2 Å². The van der Waals surface area contributed by atoms with E-state index in [1.807, 2.05) is 38.1 Å². The average Bonchev–Trinajstić information content (AvgIpc) is 2.99. The molecule has 156 valence electrons. The zero-order valence-corrected chi connectivity index (χ0v) is 17.9. The Morgan fingerprint density at radius 2 is 2.07 bits per heavy atom. The molecule has 2 aromatic rings. The summed E-state index contributed by atoms with van der Waals surface area (Å²) >= 11 is 1.31. The summed E-state index contributed by atoms with van der Waals surface area (Å²) in [5, 5.41) is 2.91. The molecule has 1 N–H and O–H groups in total. The highest BCUT2D eigenvalue weighted by Crippen LogP contribution is 2.32. The van der Waals surface area contributed by atoms with Gasteiger partial charge in [0.2, 0.25) is 11.8 Å². The van der Waals surface area contributed by atoms with Crippen LogP contribution in [0.5, 0.6) is 5.75 Å². The molecule has 1 aliphatic heterocycles. The van der Waals surface area contributed by atoms with Crippen LogP contribution in [0.15, 0.2) is 66.2 Å². The fraction of sp³-hybridized carbons (Fsp3) is 0.261. The first-order valence-corrected chi connectivity index (χ1v) is 10.6. The molecular formula is C23H25N3O3S. The number of aryl methyl sites for hydroxylation is 1. The molecule has 30 heavy (non-hydrogen) atoms. The van der Waals surface area contributed by atoms with Crippen LogP contribution < -0.4 is 10.1 Å². The number of aliphatic imine (C=N–C) groups is 1. The molecule has 1 heterocycles. The van der Waals surface area contributed by atoms with Gasteiger partial charge >= 0.3 is 0 Å². The number of amidine groups is 1. The number of anilines is 1. The summed E-state index contributed by atoms with van der Waals surface area (Å²) in [5.74, 6) is 0.391. The zero-order chi connectivity index (χ0) is 21.5. The van der Waals surface area contributed by atoms with Gasteiger partial charge in [0.1, 0.15) is 11.0 Å². The van der Waals surface area contributed by atoms with Crippen LogP contribution in [-0.4, -0.2) is 40.3 Å². The number of benzene rings is 2. The normalized spacial score (nSPS) is 17.3. The van der Waals surface area contributed by atoms with Gasteiger partial charge in [0.15, 0.2) is 5.17 Å². The van der Waals surface area contributed by atoms with E-state index in [1.54, 1.807) is 35.2 Å². The Balaban J connectivity index is 1.68. The smallest absolute Gasteiger partial charge is 0.242 e. The molecule has 2 aromatic carbocycles. The van der Waals surface area contributed by atoms with Crippen LogP contribution in [0.3, 0.4) is 0 Å². The highest BCUT2D eigenvalue weighted by Gasteiger charge is 2.38. The molecular weight excluding hydrogens is 398 g/mol. The van der Waals surface area contributed by atoms with E-state index in [1.165, 1.54) is 11.8 Å². The van der Waals surface area contributed by atoms with Crippen molar-refractivity contribution < 1.29 is 14.3 Å². The number of thioether (sulfide) groups is 1. The van der Waals surface area contributed by atoms with Crippen molar-refractivity contribution in [3.8, 4) is 5.75 Å². The van der Waals surface area contributed by atoms with Crippen LogP contribution in [0, 0.1) is 6.92 Å². The van der Waals surface area contributed by atoms with Crippen LogP contribution in [0.25, 0.3) is 0 Å². The third-order valence-corrected chi connectivity index (χ3v) is 5.55. The van der Waals surface area contributed by atoms with Crippen LogP contribution in [0.2, 0.25) is 0 Å².